The van der Waals surface area contributed by atoms with Crippen LogP contribution in [-0.4, -0.2) is 36.7 Å². The highest BCUT2D eigenvalue weighted by Gasteiger charge is 2.41. The largest absolute Gasteiger partial charge is 0.465 e. The molecule has 0 aromatic heterocycles. The number of carbonyl (C=O) groups is 2. The monoisotopic (exact) mass is 265 g/mol. The van der Waals surface area contributed by atoms with Crippen molar-refractivity contribution in [3.63, 3.8) is 0 Å². The van der Waals surface area contributed by atoms with E-state index in [-0.39, 0.29) is 19.1 Å². The fraction of sp³-hybridized carbons (Fsp3) is 0.429. The van der Waals surface area contributed by atoms with Gasteiger partial charge in [0.25, 0.3) is 0 Å². The van der Waals surface area contributed by atoms with Gasteiger partial charge in [0.1, 0.15) is 5.41 Å². The zero-order valence-corrected chi connectivity index (χ0v) is 11.2. The third-order valence-electron chi connectivity index (χ3n) is 2.90. The summed E-state index contributed by atoms with van der Waals surface area (Å²) in [6.45, 7) is 2.84. The van der Waals surface area contributed by atoms with Crippen LogP contribution in [0.5, 0.6) is 0 Å². The van der Waals surface area contributed by atoms with Crippen LogP contribution in [0.1, 0.15) is 19.4 Å². The average Bonchev–Trinajstić information content (AvgIpc) is 2.41. The fourth-order valence-corrected chi connectivity index (χ4v) is 1.81. The third kappa shape index (κ3) is 3.54. The molecule has 0 spiro atoms. The number of esters is 1. The summed E-state index contributed by atoms with van der Waals surface area (Å²) in [6, 6.07) is 8.82. The predicted octanol–water partition coefficient (Wildman–Crippen LogP) is 0.616. The molecule has 1 aromatic rings. The van der Waals surface area contributed by atoms with Gasteiger partial charge in [-0.05, 0) is 12.5 Å². The van der Waals surface area contributed by atoms with Crippen molar-refractivity contribution in [1.82, 2.24) is 5.32 Å². The maximum absolute atomic E-state index is 12.2. The van der Waals surface area contributed by atoms with E-state index in [1.54, 1.807) is 31.2 Å². The smallest absolute Gasteiger partial charge is 0.320 e. The number of hydrogen-bond acceptors (Lipinski definition) is 4. The van der Waals surface area contributed by atoms with Gasteiger partial charge in [-0.25, -0.2) is 0 Å². The van der Waals surface area contributed by atoms with Crippen LogP contribution in [0.2, 0.25) is 0 Å². The maximum Gasteiger partial charge on any atom is 0.320 e. The van der Waals surface area contributed by atoms with Gasteiger partial charge in [0.15, 0.2) is 0 Å². The summed E-state index contributed by atoms with van der Waals surface area (Å²) in [6.07, 6.45) is 0. The van der Waals surface area contributed by atoms with Gasteiger partial charge in [0, 0.05) is 13.5 Å². The van der Waals surface area contributed by atoms with Crippen molar-refractivity contribution in [3.8, 4) is 0 Å². The lowest BCUT2D eigenvalue weighted by Gasteiger charge is -2.30. The molecule has 0 unspecified atom stereocenters. The molecule has 0 aliphatic rings. The summed E-state index contributed by atoms with van der Waals surface area (Å²) < 4.78 is 5.03. The number of nitrogens with one attached hydrogen (secondary N) is 1. The van der Waals surface area contributed by atoms with Gasteiger partial charge in [0.05, 0.1) is 13.2 Å². The zero-order valence-electron chi connectivity index (χ0n) is 11.2. The molecule has 0 saturated heterocycles. The highest BCUT2D eigenvalue weighted by atomic mass is 16.5. The molecule has 1 atom stereocenters. The summed E-state index contributed by atoms with van der Waals surface area (Å²) >= 11 is 0. The minimum Gasteiger partial charge on any atom is -0.465 e. The molecule has 0 heterocycles. The third-order valence-corrected chi connectivity index (χ3v) is 2.90. The summed E-state index contributed by atoms with van der Waals surface area (Å²) in [4.78, 5) is 23.2. The fourth-order valence-electron chi connectivity index (χ4n) is 1.81. The van der Waals surface area contributed by atoms with Crippen LogP contribution in [-0.2, 0) is 19.7 Å². The van der Waals surface area contributed by atoms with Crippen molar-refractivity contribution in [2.24, 2.45) is 0 Å². The van der Waals surface area contributed by atoms with Gasteiger partial charge < -0.3 is 15.2 Å². The highest BCUT2D eigenvalue weighted by Crippen LogP contribution is 2.25. The Kier molecular flexibility index (Phi) is 5.51. The highest BCUT2D eigenvalue weighted by molar-refractivity contribution is 5.85. The Morgan fingerprint density at radius 3 is 2.42 bits per heavy atom. The molecule has 0 radical (unpaired) electrons. The molecule has 1 aromatic carbocycles. The molecule has 0 aliphatic carbocycles. The van der Waals surface area contributed by atoms with Crippen LogP contribution in [0.25, 0.3) is 0 Å². The van der Waals surface area contributed by atoms with Gasteiger partial charge in [-0.3, -0.25) is 9.59 Å². The molecule has 19 heavy (non-hydrogen) atoms. The Morgan fingerprint density at radius 2 is 1.95 bits per heavy atom. The second kappa shape index (κ2) is 6.89. The number of aliphatic hydroxyl groups is 1. The normalized spacial score (nSPS) is 13.4. The van der Waals surface area contributed by atoms with Gasteiger partial charge in [0.2, 0.25) is 5.91 Å². The van der Waals surface area contributed by atoms with Crippen LogP contribution in [0, 0.1) is 0 Å². The maximum atomic E-state index is 12.2. The van der Waals surface area contributed by atoms with Gasteiger partial charge in [-0.2, -0.15) is 0 Å². The van der Waals surface area contributed by atoms with Crippen molar-refractivity contribution in [1.29, 1.82) is 0 Å². The minimum absolute atomic E-state index is 0.00167. The second-order valence-electron chi connectivity index (χ2n) is 4.24. The van der Waals surface area contributed by atoms with E-state index in [1.165, 1.54) is 6.92 Å². The van der Waals surface area contributed by atoms with E-state index in [0.717, 1.165) is 0 Å². The Balaban J connectivity index is 3.13. The second-order valence-corrected chi connectivity index (χ2v) is 4.24. The van der Waals surface area contributed by atoms with E-state index in [2.05, 4.69) is 5.32 Å². The Hall–Kier alpha value is -1.88. The molecule has 104 valence electrons. The molecule has 5 nitrogen and oxygen atoms in total. The molecule has 0 aliphatic heterocycles. The van der Waals surface area contributed by atoms with Crippen LogP contribution in [0.3, 0.4) is 0 Å². The molecule has 2 N–H and O–H groups in total. The number of aliphatic hydroxyl groups excluding tert-OH is 1. The number of hydrogen-bond donors (Lipinski definition) is 2. The zero-order chi connectivity index (χ0) is 14.3. The van der Waals surface area contributed by atoms with Gasteiger partial charge >= 0.3 is 5.97 Å². The van der Waals surface area contributed by atoms with Crippen LogP contribution in [0.15, 0.2) is 30.3 Å². The first-order valence-electron chi connectivity index (χ1n) is 6.15. The summed E-state index contributed by atoms with van der Waals surface area (Å²) in [7, 11) is 0. The number of carbonyl (C=O) groups excluding carboxylic acids is 2. The topological polar surface area (TPSA) is 75.6 Å². The molecule has 1 rings (SSSR count). The number of amides is 1. The van der Waals surface area contributed by atoms with E-state index in [1.807, 2.05) is 6.07 Å². The van der Waals surface area contributed by atoms with Gasteiger partial charge in [-0.1, -0.05) is 30.3 Å². The van der Waals surface area contributed by atoms with Crippen molar-refractivity contribution < 1.29 is 19.4 Å². The first-order valence-corrected chi connectivity index (χ1v) is 6.15. The number of ether oxygens (including phenoxy) is 1. The molecule has 1 amide bonds. The lowest BCUT2D eigenvalue weighted by molar-refractivity contribution is -0.151. The lowest BCUT2D eigenvalue weighted by atomic mass is 9.81. The van der Waals surface area contributed by atoms with Gasteiger partial charge in [-0.15, -0.1) is 0 Å². The van der Waals surface area contributed by atoms with Crippen LogP contribution < -0.4 is 5.32 Å². The summed E-state index contributed by atoms with van der Waals surface area (Å²) in [5, 5.41) is 12.3. The molecular formula is C14H19NO4. The van der Waals surface area contributed by atoms with Crippen molar-refractivity contribution in [3.05, 3.63) is 35.9 Å². The van der Waals surface area contributed by atoms with E-state index >= 15 is 0 Å². The lowest BCUT2D eigenvalue weighted by Crippen LogP contribution is -2.49. The van der Waals surface area contributed by atoms with Crippen LogP contribution >= 0.6 is 0 Å². The standard InChI is InChI=1S/C14H19NO4/c1-3-19-13(18)14(10-16,9-15-11(2)17)12-7-5-4-6-8-12/h4-8,16H,3,9-10H2,1-2H3,(H,15,17)/t14-/m1/s1. The van der Waals surface area contributed by atoms with Crippen molar-refractivity contribution in [2.75, 3.05) is 19.8 Å². The van der Waals surface area contributed by atoms with E-state index < -0.39 is 18.0 Å². The first-order chi connectivity index (χ1) is 9.06. The van der Waals surface area contributed by atoms with Crippen molar-refractivity contribution >= 4 is 11.9 Å². The molecular weight excluding hydrogens is 246 g/mol. The molecule has 0 saturated carbocycles. The summed E-state index contributed by atoms with van der Waals surface area (Å²) in [5.41, 5.74) is -0.646. The predicted molar refractivity (Wildman–Crippen MR) is 70.5 cm³/mol. The summed E-state index contributed by atoms with van der Waals surface area (Å²) in [5.74, 6) is -0.810. The molecule has 0 fully saturated rings. The Labute approximate surface area is 112 Å². The van der Waals surface area contributed by atoms with Crippen LogP contribution in [0.4, 0.5) is 0 Å². The van der Waals surface area contributed by atoms with E-state index in [4.69, 9.17) is 4.74 Å². The van der Waals surface area contributed by atoms with E-state index in [9.17, 15) is 14.7 Å². The SMILES string of the molecule is CCOC(=O)[C@@](CO)(CNC(C)=O)c1ccccc1. The van der Waals surface area contributed by atoms with E-state index in [0.29, 0.717) is 5.56 Å². The first kappa shape index (κ1) is 15.2. The Morgan fingerprint density at radius 1 is 1.32 bits per heavy atom. The average molecular weight is 265 g/mol. The Bertz CT molecular complexity index is 432. The quantitative estimate of drug-likeness (QED) is 0.739. The van der Waals surface area contributed by atoms with Crippen molar-refractivity contribution in [2.45, 2.75) is 19.3 Å². The number of rotatable bonds is 6. The molecule has 0 bridgehead atoms. The number of benzene rings is 1. The molecule has 5 heteroatoms. The minimum atomic E-state index is -1.26.